The first-order valence-electron chi connectivity index (χ1n) is 2.40. The second kappa shape index (κ2) is 5.26. The van der Waals surface area contributed by atoms with E-state index in [1.165, 1.54) is 17.8 Å². The van der Waals surface area contributed by atoms with Crippen molar-refractivity contribution in [2.75, 3.05) is 5.75 Å². The molecule has 0 fully saturated rings. The Morgan fingerprint density at radius 1 is 1.89 bits per heavy atom. The number of nitrogens with two attached hydrogens (primary N) is 1. The molecule has 0 aliphatic rings. The minimum absolute atomic E-state index is 0.539. The van der Waals surface area contributed by atoms with Gasteiger partial charge in [-0.3, -0.25) is 0 Å². The summed E-state index contributed by atoms with van der Waals surface area (Å²) in [6, 6.07) is 1.83. The summed E-state index contributed by atoms with van der Waals surface area (Å²) in [7, 11) is 0. The molecule has 0 saturated carbocycles. The van der Waals surface area contributed by atoms with Crippen LogP contribution in [0.2, 0.25) is 0 Å². The highest BCUT2D eigenvalue weighted by atomic mass is 32.2. The van der Waals surface area contributed by atoms with Crippen LogP contribution >= 0.6 is 11.8 Å². The smallest absolute Gasteiger partial charge is 0.0939 e. The molecule has 0 aliphatic heterocycles. The number of nitriles is 1. The predicted octanol–water partition coefficient (Wildman–Crippen LogP) is 1.23. The molecular weight excluding hydrogens is 132 g/mol. The zero-order valence-corrected chi connectivity index (χ0v) is 5.82. The second-order valence-electron chi connectivity index (χ2n) is 1.28. The summed E-state index contributed by atoms with van der Waals surface area (Å²) in [5.74, 6) is 0.754. The molecule has 0 unspecified atom stereocenters. The van der Waals surface area contributed by atoms with Crippen LogP contribution in [0.25, 0.3) is 0 Å². The average molecular weight is 140 g/mol. The number of nitrogens with zero attached hydrogens (tertiary/aromatic N) is 1. The van der Waals surface area contributed by atoms with Gasteiger partial charge in [0.25, 0.3) is 0 Å². The van der Waals surface area contributed by atoms with E-state index in [4.69, 9.17) is 11.0 Å². The molecule has 0 aromatic carbocycles. The quantitative estimate of drug-likeness (QED) is 0.474. The zero-order chi connectivity index (χ0) is 7.11. The Kier molecular flexibility index (Phi) is 4.75. The fourth-order valence-corrected chi connectivity index (χ4v) is 0.707. The maximum atomic E-state index is 8.09. The van der Waals surface area contributed by atoms with E-state index < -0.39 is 0 Å². The molecule has 0 aliphatic carbocycles. The fourth-order valence-electron chi connectivity index (χ4n) is 0.260. The van der Waals surface area contributed by atoms with Crippen LogP contribution in [0.1, 0.15) is 0 Å². The largest absolute Gasteiger partial charge is 0.393 e. The molecule has 2 nitrogen and oxygen atoms in total. The molecule has 0 aromatic rings. The minimum atomic E-state index is 0.539. The van der Waals surface area contributed by atoms with Crippen molar-refractivity contribution in [2.45, 2.75) is 0 Å². The first-order valence-corrected chi connectivity index (χ1v) is 3.38. The van der Waals surface area contributed by atoms with E-state index in [1.807, 2.05) is 6.07 Å². The number of hydrogen-bond acceptors (Lipinski definition) is 3. The molecule has 2 N–H and O–H groups in total. The Bertz CT molecular complexity index is 155. The normalized spacial score (nSPS) is 10.3. The number of allylic oxidation sites excluding steroid dienone is 1. The van der Waals surface area contributed by atoms with Gasteiger partial charge in [0.2, 0.25) is 0 Å². The average Bonchev–Trinajstić information content (AvgIpc) is 1.85. The lowest BCUT2D eigenvalue weighted by Crippen LogP contribution is -1.90. The molecule has 0 amide bonds. The molecule has 0 heterocycles. The zero-order valence-electron chi connectivity index (χ0n) is 5.00. The molecule has 0 radical (unpaired) electrons. The van der Waals surface area contributed by atoms with Gasteiger partial charge in [-0.15, -0.1) is 18.3 Å². The van der Waals surface area contributed by atoms with Crippen LogP contribution in [0, 0.1) is 11.3 Å². The third-order valence-electron chi connectivity index (χ3n) is 0.575. The molecule has 0 rings (SSSR count). The van der Waals surface area contributed by atoms with Crippen LogP contribution in [0.3, 0.4) is 0 Å². The van der Waals surface area contributed by atoms with Crippen molar-refractivity contribution >= 4 is 11.8 Å². The van der Waals surface area contributed by atoms with Crippen LogP contribution in [0.5, 0.6) is 0 Å². The van der Waals surface area contributed by atoms with Crippen LogP contribution in [0.15, 0.2) is 23.8 Å². The molecule has 9 heavy (non-hydrogen) atoms. The molecule has 48 valence electrons. The SMILES string of the molecule is C=CCS/C(N)=C\C#N. The van der Waals surface area contributed by atoms with Crippen LogP contribution in [-0.2, 0) is 0 Å². The lowest BCUT2D eigenvalue weighted by molar-refractivity contribution is 1.49. The summed E-state index contributed by atoms with van der Waals surface area (Å²) in [5, 5.41) is 8.63. The van der Waals surface area contributed by atoms with E-state index in [9.17, 15) is 0 Å². The lowest BCUT2D eigenvalue weighted by Gasteiger charge is -1.91. The highest BCUT2D eigenvalue weighted by Gasteiger charge is 1.84. The first kappa shape index (κ1) is 8.12. The predicted molar refractivity (Wildman–Crippen MR) is 40.5 cm³/mol. The van der Waals surface area contributed by atoms with Crippen molar-refractivity contribution < 1.29 is 0 Å². The van der Waals surface area contributed by atoms with Gasteiger partial charge in [0.05, 0.1) is 11.1 Å². The van der Waals surface area contributed by atoms with Crippen molar-refractivity contribution in [2.24, 2.45) is 5.73 Å². The third-order valence-corrected chi connectivity index (χ3v) is 1.43. The summed E-state index contributed by atoms with van der Waals surface area (Å²) < 4.78 is 0. The van der Waals surface area contributed by atoms with Gasteiger partial charge in [-0.1, -0.05) is 6.08 Å². The van der Waals surface area contributed by atoms with Crippen molar-refractivity contribution in [3.05, 3.63) is 23.8 Å². The standard InChI is InChI=1S/C6H8N2S/c1-2-5-9-6(8)3-4-7/h2-3H,1,5,8H2/b6-3-. The summed E-state index contributed by atoms with van der Waals surface area (Å²) in [6.07, 6.45) is 3.05. The van der Waals surface area contributed by atoms with Gasteiger partial charge >= 0.3 is 0 Å². The van der Waals surface area contributed by atoms with E-state index in [-0.39, 0.29) is 0 Å². The van der Waals surface area contributed by atoms with E-state index in [0.29, 0.717) is 5.03 Å². The summed E-state index contributed by atoms with van der Waals surface area (Å²) in [6.45, 7) is 3.51. The van der Waals surface area contributed by atoms with E-state index in [1.54, 1.807) is 6.08 Å². The van der Waals surface area contributed by atoms with Gasteiger partial charge in [0, 0.05) is 11.8 Å². The summed E-state index contributed by atoms with van der Waals surface area (Å²) in [4.78, 5) is 0. The van der Waals surface area contributed by atoms with E-state index in [0.717, 1.165) is 5.75 Å². The molecular formula is C6H8N2S. The van der Waals surface area contributed by atoms with Gasteiger partial charge in [0.15, 0.2) is 0 Å². The maximum absolute atomic E-state index is 8.09. The van der Waals surface area contributed by atoms with Gasteiger partial charge < -0.3 is 5.73 Å². The van der Waals surface area contributed by atoms with Crippen LogP contribution < -0.4 is 5.73 Å². The molecule has 0 spiro atoms. The monoisotopic (exact) mass is 140 g/mol. The Balaban J connectivity index is 3.52. The molecule has 0 atom stereocenters. The molecule has 0 bridgehead atoms. The Morgan fingerprint density at radius 3 is 3.00 bits per heavy atom. The fraction of sp³-hybridized carbons (Fsp3) is 0.167. The van der Waals surface area contributed by atoms with Gasteiger partial charge in [-0.2, -0.15) is 5.26 Å². The van der Waals surface area contributed by atoms with Crippen molar-refractivity contribution in [1.82, 2.24) is 0 Å². The highest BCUT2D eigenvalue weighted by Crippen LogP contribution is 2.07. The second-order valence-corrected chi connectivity index (χ2v) is 2.37. The molecule has 0 saturated heterocycles. The van der Waals surface area contributed by atoms with Crippen molar-refractivity contribution in [3.8, 4) is 6.07 Å². The van der Waals surface area contributed by atoms with Gasteiger partial charge in [0.1, 0.15) is 0 Å². The summed E-state index contributed by atoms with van der Waals surface area (Å²) in [5.41, 5.74) is 5.32. The first-order chi connectivity index (χ1) is 4.31. The third kappa shape index (κ3) is 4.98. The minimum Gasteiger partial charge on any atom is -0.393 e. The molecule has 3 heteroatoms. The number of rotatable bonds is 3. The van der Waals surface area contributed by atoms with Crippen molar-refractivity contribution in [3.63, 3.8) is 0 Å². The van der Waals surface area contributed by atoms with Gasteiger partial charge in [-0.05, 0) is 0 Å². The van der Waals surface area contributed by atoms with E-state index in [2.05, 4.69) is 6.58 Å². The van der Waals surface area contributed by atoms with Crippen LogP contribution in [0.4, 0.5) is 0 Å². The van der Waals surface area contributed by atoms with Gasteiger partial charge in [-0.25, -0.2) is 0 Å². The number of hydrogen-bond donors (Lipinski definition) is 1. The Hall–Kier alpha value is -0.880. The number of thioether (sulfide) groups is 1. The Morgan fingerprint density at radius 2 is 2.56 bits per heavy atom. The molecule has 0 aromatic heterocycles. The topological polar surface area (TPSA) is 49.8 Å². The van der Waals surface area contributed by atoms with Crippen LogP contribution in [-0.4, -0.2) is 5.75 Å². The van der Waals surface area contributed by atoms with Crippen molar-refractivity contribution in [1.29, 1.82) is 5.26 Å². The maximum Gasteiger partial charge on any atom is 0.0939 e. The lowest BCUT2D eigenvalue weighted by atomic mass is 10.7. The van der Waals surface area contributed by atoms with E-state index >= 15 is 0 Å². The summed E-state index contributed by atoms with van der Waals surface area (Å²) >= 11 is 1.40. The Labute approximate surface area is 59.0 Å². The highest BCUT2D eigenvalue weighted by molar-refractivity contribution is 8.03.